The lowest BCUT2D eigenvalue weighted by molar-refractivity contribution is 0.0155. The third-order valence-electron chi connectivity index (χ3n) is 3.74. The number of rotatable bonds is 4. The Bertz CT molecular complexity index is 646. The van der Waals surface area contributed by atoms with E-state index in [1.807, 2.05) is 24.3 Å². The van der Waals surface area contributed by atoms with Crippen LogP contribution in [0.2, 0.25) is 0 Å². The molecule has 2 aromatic rings. The summed E-state index contributed by atoms with van der Waals surface area (Å²) in [5.41, 5.74) is 3.31. The van der Waals surface area contributed by atoms with Gasteiger partial charge in [-0.15, -0.1) is 11.6 Å². The zero-order chi connectivity index (χ0) is 16.3. The third kappa shape index (κ3) is 3.50. The normalized spacial score (nSPS) is 13.2. The summed E-state index contributed by atoms with van der Waals surface area (Å²) in [7, 11) is 1.69. The molecule has 0 aliphatic carbocycles. The molecule has 3 heteroatoms. The first-order valence-electron chi connectivity index (χ1n) is 7.35. The van der Waals surface area contributed by atoms with Crippen LogP contribution < -0.4 is 0 Å². The van der Waals surface area contributed by atoms with E-state index < -0.39 is 0 Å². The fraction of sp³-hybridized carbons (Fsp3) is 0.368. The molecule has 2 aromatic carbocycles. The third-order valence-corrected chi connectivity index (χ3v) is 4.05. The van der Waals surface area contributed by atoms with E-state index in [0.717, 1.165) is 16.7 Å². The molecule has 22 heavy (non-hydrogen) atoms. The van der Waals surface area contributed by atoms with E-state index in [-0.39, 0.29) is 17.3 Å². The summed E-state index contributed by atoms with van der Waals surface area (Å²) in [6.45, 7) is 6.33. The maximum Gasteiger partial charge on any atom is 0.131 e. The Kier molecular flexibility index (Phi) is 5.25. The second kappa shape index (κ2) is 6.80. The zero-order valence-electron chi connectivity index (χ0n) is 13.5. The van der Waals surface area contributed by atoms with Crippen molar-refractivity contribution in [2.45, 2.75) is 32.8 Å². The standard InChI is InChI=1S/C19H22ClFO/c1-19(2,3)18(22-4)16-11-13(12-20)9-10-14(16)15-7-5-6-8-17(15)21/h5-11,18H,12H2,1-4H3/t18-/m1/s1. The van der Waals surface area contributed by atoms with Gasteiger partial charge in [-0.2, -0.15) is 0 Å². The lowest BCUT2D eigenvalue weighted by atomic mass is 9.81. The van der Waals surface area contributed by atoms with E-state index in [1.165, 1.54) is 6.07 Å². The molecule has 0 aliphatic heterocycles. The highest BCUT2D eigenvalue weighted by molar-refractivity contribution is 6.17. The van der Waals surface area contributed by atoms with Crippen LogP contribution in [0.15, 0.2) is 42.5 Å². The lowest BCUT2D eigenvalue weighted by Gasteiger charge is -2.31. The SMILES string of the molecule is CO[C@H](c1cc(CCl)ccc1-c1ccccc1F)C(C)(C)C. The summed E-state index contributed by atoms with van der Waals surface area (Å²) in [5, 5.41) is 0. The summed E-state index contributed by atoms with van der Waals surface area (Å²) in [4.78, 5) is 0. The molecule has 0 fully saturated rings. The van der Waals surface area contributed by atoms with Gasteiger partial charge >= 0.3 is 0 Å². The van der Waals surface area contributed by atoms with Crippen molar-refractivity contribution in [1.82, 2.24) is 0 Å². The molecular formula is C19H22ClFO. The van der Waals surface area contributed by atoms with Gasteiger partial charge in [0.15, 0.2) is 0 Å². The monoisotopic (exact) mass is 320 g/mol. The van der Waals surface area contributed by atoms with Gasteiger partial charge in [0, 0.05) is 18.6 Å². The maximum atomic E-state index is 14.2. The summed E-state index contributed by atoms with van der Waals surface area (Å²) >= 11 is 5.98. The van der Waals surface area contributed by atoms with E-state index in [1.54, 1.807) is 19.2 Å². The zero-order valence-corrected chi connectivity index (χ0v) is 14.2. The lowest BCUT2D eigenvalue weighted by Crippen LogP contribution is -2.21. The Hall–Kier alpha value is -1.38. The minimum absolute atomic E-state index is 0.111. The number of alkyl halides is 1. The number of hydrogen-bond donors (Lipinski definition) is 0. The molecule has 1 atom stereocenters. The van der Waals surface area contributed by atoms with Gasteiger partial charge in [0.1, 0.15) is 5.82 Å². The van der Waals surface area contributed by atoms with Crippen LogP contribution in [0.3, 0.4) is 0 Å². The number of halogens is 2. The Labute approximate surface area is 137 Å². The Balaban J connectivity index is 2.67. The van der Waals surface area contributed by atoms with Gasteiger partial charge in [0.05, 0.1) is 6.10 Å². The highest BCUT2D eigenvalue weighted by Gasteiger charge is 2.29. The van der Waals surface area contributed by atoms with Crippen molar-refractivity contribution in [2.75, 3.05) is 7.11 Å². The van der Waals surface area contributed by atoms with Crippen molar-refractivity contribution in [2.24, 2.45) is 5.41 Å². The van der Waals surface area contributed by atoms with Crippen LogP contribution in [0.25, 0.3) is 11.1 Å². The Morgan fingerprint density at radius 2 is 1.77 bits per heavy atom. The molecule has 0 aromatic heterocycles. The number of methoxy groups -OCH3 is 1. The molecule has 0 spiro atoms. The first-order chi connectivity index (χ1) is 10.4. The first kappa shape index (κ1) is 17.0. The summed E-state index contributed by atoms with van der Waals surface area (Å²) < 4.78 is 20.0. The summed E-state index contributed by atoms with van der Waals surface area (Å²) in [6, 6.07) is 12.7. The molecule has 0 saturated heterocycles. The molecule has 0 bridgehead atoms. The van der Waals surface area contributed by atoms with E-state index >= 15 is 0 Å². The van der Waals surface area contributed by atoms with Crippen molar-refractivity contribution in [3.05, 3.63) is 59.4 Å². The van der Waals surface area contributed by atoms with Crippen LogP contribution in [0, 0.1) is 11.2 Å². The van der Waals surface area contributed by atoms with E-state index in [2.05, 4.69) is 20.8 Å². The van der Waals surface area contributed by atoms with E-state index in [4.69, 9.17) is 16.3 Å². The van der Waals surface area contributed by atoms with Crippen LogP contribution >= 0.6 is 11.6 Å². The van der Waals surface area contributed by atoms with Gasteiger partial charge in [-0.05, 0) is 28.2 Å². The Morgan fingerprint density at radius 3 is 2.32 bits per heavy atom. The summed E-state index contributed by atoms with van der Waals surface area (Å²) in [6.07, 6.45) is -0.148. The topological polar surface area (TPSA) is 9.23 Å². The largest absolute Gasteiger partial charge is 0.376 e. The molecule has 0 radical (unpaired) electrons. The van der Waals surface area contributed by atoms with Crippen LogP contribution in [0.4, 0.5) is 4.39 Å². The maximum absolute atomic E-state index is 14.2. The number of hydrogen-bond acceptors (Lipinski definition) is 1. The molecule has 0 amide bonds. The summed E-state index contributed by atoms with van der Waals surface area (Å²) in [5.74, 6) is 0.191. The van der Waals surface area contributed by atoms with Gasteiger partial charge in [0.2, 0.25) is 0 Å². The molecule has 0 heterocycles. The van der Waals surface area contributed by atoms with Gasteiger partial charge < -0.3 is 4.74 Å². The molecule has 0 unspecified atom stereocenters. The molecule has 0 aliphatic rings. The van der Waals surface area contributed by atoms with Gasteiger partial charge in [-0.3, -0.25) is 0 Å². The number of benzene rings is 2. The average Bonchev–Trinajstić information content (AvgIpc) is 2.47. The minimum atomic E-state index is -0.230. The van der Waals surface area contributed by atoms with Crippen molar-refractivity contribution >= 4 is 11.6 Å². The van der Waals surface area contributed by atoms with Crippen molar-refractivity contribution < 1.29 is 9.13 Å². The second-order valence-electron chi connectivity index (χ2n) is 6.52. The van der Waals surface area contributed by atoms with Crippen LogP contribution in [0.5, 0.6) is 0 Å². The molecule has 1 nitrogen and oxygen atoms in total. The van der Waals surface area contributed by atoms with Crippen LogP contribution in [0.1, 0.15) is 38.0 Å². The Morgan fingerprint density at radius 1 is 1.09 bits per heavy atom. The quantitative estimate of drug-likeness (QED) is 0.631. The van der Waals surface area contributed by atoms with Gasteiger partial charge in [0.25, 0.3) is 0 Å². The van der Waals surface area contributed by atoms with Gasteiger partial charge in [-0.1, -0.05) is 57.2 Å². The van der Waals surface area contributed by atoms with E-state index in [9.17, 15) is 4.39 Å². The first-order valence-corrected chi connectivity index (χ1v) is 7.88. The average molecular weight is 321 g/mol. The van der Waals surface area contributed by atoms with Crippen LogP contribution in [-0.2, 0) is 10.6 Å². The van der Waals surface area contributed by atoms with Crippen molar-refractivity contribution in [3.8, 4) is 11.1 Å². The van der Waals surface area contributed by atoms with Gasteiger partial charge in [-0.25, -0.2) is 4.39 Å². The fourth-order valence-corrected chi connectivity index (χ4v) is 2.95. The molecule has 0 saturated carbocycles. The van der Waals surface area contributed by atoms with E-state index in [0.29, 0.717) is 11.4 Å². The molecule has 118 valence electrons. The van der Waals surface area contributed by atoms with Crippen molar-refractivity contribution in [3.63, 3.8) is 0 Å². The number of ether oxygens (including phenoxy) is 1. The predicted molar refractivity (Wildman–Crippen MR) is 90.6 cm³/mol. The second-order valence-corrected chi connectivity index (χ2v) is 6.78. The smallest absolute Gasteiger partial charge is 0.131 e. The van der Waals surface area contributed by atoms with Crippen molar-refractivity contribution in [1.29, 1.82) is 0 Å². The van der Waals surface area contributed by atoms with Crippen LogP contribution in [-0.4, -0.2) is 7.11 Å². The minimum Gasteiger partial charge on any atom is -0.376 e. The highest BCUT2D eigenvalue weighted by atomic mass is 35.5. The molecular weight excluding hydrogens is 299 g/mol. The predicted octanol–water partition coefficient (Wildman–Crippen LogP) is 5.97. The molecule has 2 rings (SSSR count). The highest BCUT2D eigenvalue weighted by Crippen LogP contribution is 2.41. The fourth-order valence-electron chi connectivity index (χ4n) is 2.78. The molecule has 0 N–H and O–H groups in total.